The fraction of sp³-hybridized carbons (Fsp3) is 0.333. The molecule has 0 amide bonds. The first kappa shape index (κ1) is 11.5. The molecule has 0 bridgehead atoms. The molecule has 0 aromatic heterocycles. The van der Waals surface area contributed by atoms with Gasteiger partial charge in [0.05, 0.1) is 0 Å². The summed E-state index contributed by atoms with van der Waals surface area (Å²) < 4.78 is 1.09. The highest BCUT2D eigenvalue weighted by Crippen LogP contribution is 2.24. The van der Waals surface area contributed by atoms with Crippen molar-refractivity contribution in [1.82, 2.24) is 0 Å². The number of hydrogen-bond acceptors (Lipinski definition) is 1. The van der Waals surface area contributed by atoms with Crippen LogP contribution in [0, 0.1) is 0 Å². The lowest BCUT2D eigenvalue weighted by molar-refractivity contribution is 0.773. The summed E-state index contributed by atoms with van der Waals surface area (Å²) in [6.07, 6.45) is 0. The van der Waals surface area contributed by atoms with Crippen LogP contribution in [0.25, 0.3) is 5.57 Å². The molecule has 1 atom stereocenters. The summed E-state index contributed by atoms with van der Waals surface area (Å²) in [7, 11) is 0. The van der Waals surface area contributed by atoms with Crippen LogP contribution in [0.15, 0.2) is 29.3 Å². The highest BCUT2D eigenvalue weighted by atomic mass is 79.9. The molecule has 1 unspecified atom stereocenters. The minimum absolute atomic E-state index is 0.394. The van der Waals surface area contributed by atoms with Gasteiger partial charge in [-0.3, -0.25) is 0 Å². The zero-order valence-corrected chi connectivity index (χ0v) is 10.3. The van der Waals surface area contributed by atoms with Crippen molar-refractivity contribution in [2.45, 2.75) is 19.8 Å². The van der Waals surface area contributed by atoms with Crippen molar-refractivity contribution < 1.29 is 0 Å². The van der Waals surface area contributed by atoms with Crippen molar-refractivity contribution in [1.29, 1.82) is 0 Å². The van der Waals surface area contributed by atoms with E-state index in [1.807, 2.05) is 6.92 Å². The second-order valence-electron chi connectivity index (χ2n) is 3.69. The first-order chi connectivity index (χ1) is 6.54. The first-order valence-electron chi connectivity index (χ1n) is 4.71. The van der Waals surface area contributed by atoms with E-state index in [9.17, 15) is 0 Å². The summed E-state index contributed by atoms with van der Waals surface area (Å²) in [5.74, 6) is 0.394. The molecule has 14 heavy (non-hydrogen) atoms. The van der Waals surface area contributed by atoms with Crippen LogP contribution >= 0.6 is 15.9 Å². The van der Waals surface area contributed by atoms with Gasteiger partial charge in [-0.1, -0.05) is 41.1 Å². The molecule has 0 aliphatic heterocycles. The van der Waals surface area contributed by atoms with E-state index in [1.54, 1.807) is 0 Å². The van der Waals surface area contributed by atoms with E-state index in [2.05, 4.69) is 47.6 Å². The maximum Gasteiger partial charge on any atom is 0.0184 e. The second kappa shape index (κ2) is 4.76. The van der Waals surface area contributed by atoms with Crippen LogP contribution in [0.5, 0.6) is 0 Å². The van der Waals surface area contributed by atoms with Gasteiger partial charge in [-0.25, -0.2) is 0 Å². The van der Waals surface area contributed by atoms with Crippen LogP contribution in [0.3, 0.4) is 0 Å². The van der Waals surface area contributed by atoms with Gasteiger partial charge in [0.2, 0.25) is 0 Å². The third-order valence-electron chi connectivity index (χ3n) is 2.34. The van der Waals surface area contributed by atoms with Gasteiger partial charge >= 0.3 is 0 Å². The molecule has 0 radical (unpaired) electrons. The van der Waals surface area contributed by atoms with Gasteiger partial charge in [-0.15, -0.1) is 0 Å². The minimum Gasteiger partial charge on any atom is -0.330 e. The van der Waals surface area contributed by atoms with Crippen molar-refractivity contribution in [2.75, 3.05) is 6.54 Å². The Morgan fingerprint density at radius 2 is 2.14 bits per heavy atom. The Balaban J connectivity index is 3.13. The smallest absolute Gasteiger partial charge is 0.0184 e. The van der Waals surface area contributed by atoms with Gasteiger partial charge in [0.1, 0.15) is 0 Å². The number of rotatable bonds is 3. The van der Waals surface area contributed by atoms with Crippen LogP contribution in [-0.2, 0) is 0 Å². The van der Waals surface area contributed by atoms with E-state index >= 15 is 0 Å². The van der Waals surface area contributed by atoms with Crippen molar-refractivity contribution >= 4 is 21.5 Å². The van der Waals surface area contributed by atoms with Crippen LogP contribution in [0.1, 0.15) is 30.9 Å². The van der Waals surface area contributed by atoms with Gasteiger partial charge in [0, 0.05) is 4.47 Å². The zero-order valence-electron chi connectivity index (χ0n) is 8.68. The number of halogens is 1. The number of allylic oxidation sites excluding steroid dienone is 1. The van der Waals surface area contributed by atoms with Gasteiger partial charge < -0.3 is 5.73 Å². The number of nitrogens with two attached hydrogens (primary N) is 1. The normalized spacial score (nSPS) is 12.6. The highest BCUT2D eigenvalue weighted by Gasteiger charge is 2.06. The monoisotopic (exact) mass is 253 g/mol. The Morgan fingerprint density at radius 1 is 1.50 bits per heavy atom. The summed E-state index contributed by atoms with van der Waals surface area (Å²) in [6.45, 7) is 8.75. The maximum absolute atomic E-state index is 5.64. The third kappa shape index (κ3) is 2.69. The molecule has 0 aliphatic carbocycles. The van der Waals surface area contributed by atoms with E-state index in [-0.39, 0.29) is 0 Å². The standard InChI is InChI=1S/C12H16BrN/c1-8(2)10-4-11(9(3)7-14)6-12(13)5-10/h4-6,9H,1,7,14H2,2-3H3. The molecule has 2 N–H and O–H groups in total. The first-order valence-corrected chi connectivity index (χ1v) is 5.50. The van der Waals surface area contributed by atoms with Crippen LogP contribution in [-0.4, -0.2) is 6.54 Å². The number of hydrogen-bond donors (Lipinski definition) is 1. The summed E-state index contributed by atoms with van der Waals surface area (Å²) in [4.78, 5) is 0. The lowest BCUT2D eigenvalue weighted by atomic mass is 9.97. The molecular formula is C12H16BrN. The average Bonchev–Trinajstić information content (AvgIpc) is 2.15. The van der Waals surface area contributed by atoms with Crippen molar-refractivity contribution in [2.24, 2.45) is 5.73 Å². The van der Waals surface area contributed by atoms with E-state index in [4.69, 9.17) is 5.73 Å². The molecule has 0 heterocycles. The molecule has 2 heteroatoms. The molecule has 1 rings (SSSR count). The number of benzene rings is 1. The third-order valence-corrected chi connectivity index (χ3v) is 2.79. The van der Waals surface area contributed by atoms with E-state index in [0.717, 1.165) is 10.0 Å². The fourth-order valence-electron chi connectivity index (χ4n) is 1.28. The van der Waals surface area contributed by atoms with Gasteiger partial charge in [0.25, 0.3) is 0 Å². The largest absolute Gasteiger partial charge is 0.330 e. The van der Waals surface area contributed by atoms with Gasteiger partial charge in [-0.05, 0) is 42.6 Å². The maximum atomic E-state index is 5.64. The quantitative estimate of drug-likeness (QED) is 0.877. The highest BCUT2D eigenvalue weighted by molar-refractivity contribution is 9.10. The molecule has 1 aromatic rings. The summed E-state index contributed by atoms with van der Waals surface area (Å²) in [6, 6.07) is 6.35. The Morgan fingerprint density at radius 3 is 2.64 bits per heavy atom. The molecular weight excluding hydrogens is 238 g/mol. The predicted molar refractivity (Wildman–Crippen MR) is 66.3 cm³/mol. The van der Waals surface area contributed by atoms with E-state index in [1.165, 1.54) is 11.1 Å². The fourth-order valence-corrected chi connectivity index (χ4v) is 1.79. The van der Waals surface area contributed by atoms with Crippen molar-refractivity contribution in [3.8, 4) is 0 Å². The van der Waals surface area contributed by atoms with E-state index in [0.29, 0.717) is 12.5 Å². The van der Waals surface area contributed by atoms with Gasteiger partial charge in [-0.2, -0.15) is 0 Å². The average molecular weight is 254 g/mol. The van der Waals surface area contributed by atoms with Crippen LogP contribution in [0.2, 0.25) is 0 Å². The molecule has 1 aromatic carbocycles. The van der Waals surface area contributed by atoms with Crippen molar-refractivity contribution in [3.63, 3.8) is 0 Å². The zero-order chi connectivity index (χ0) is 10.7. The Hall–Kier alpha value is -0.600. The minimum atomic E-state index is 0.394. The Labute approximate surface area is 94.1 Å². The second-order valence-corrected chi connectivity index (χ2v) is 4.61. The molecule has 0 aliphatic rings. The van der Waals surface area contributed by atoms with Crippen LogP contribution in [0.4, 0.5) is 0 Å². The molecule has 0 spiro atoms. The SMILES string of the molecule is C=C(C)c1cc(Br)cc(C(C)CN)c1. The van der Waals surface area contributed by atoms with Crippen LogP contribution < -0.4 is 5.73 Å². The molecule has 0 saturated carbocycles. The Kier molecular flexibility index (Phi) is 3.90. The van der Waals surface area contributed by atoms with Crippen molar-refractivity contribution in [3.05, 3.63) is 40.4 Å². The summed E-state index contributed by atoms with van der Waals surface area (Å²) in [5.41, 5.74) is 9.16. The summed E-state index contributed by atoms with van der Waals surface area (Å²) >= 11 is 3.50. The predicted octanol–water partition coefficient (Wildman–Crippen LogP) is 3.54. The topological polar surface area (TPSA) is 26.0 Å². The molecule has 0 fully saturated rings. The lowest BCUT2D eigenvalue weighted by Crippen LogP contribution is -2.09. The molecule has 0 saturated heterocycles. The van der Waals surface area contributed by atoms with Gasteiger partial charge in [0.15, 0.2) is 0 Å². The summed E-state index contributed by atoms with van der Waals surface area (Å²) in [5, 5.41) is 0. The molecule has 1 nitrogen and oxygen atoms in total. The lowest BCUT2D eigenvalue weighted by Gasteiger charge is -2.11. The Bertz CT molecular complexity index is 344. The molecule has 76 valence electrons. The van der Waals surface area contributed by atoms with E-state index < -0.39 is 0 Å².